The molecule has 2 aromatic heterocycles. The minimum Gasteiger partial charge on any atom is -0.369 e. The van der Waals surface area contributed by atoms with E-state index in [4.69, 9.17) is 10.7 Å². The fraction of sp³-hybridized carbons (Fsp3) is 0.407. The second kappa shape index (κ2) is 11.2. The Morgan fingerprint density at radius 3 is 2.61 bits per heavy atom. The van der Waals surface area contributed by atoms with Crippen LogP contribution in [0.15, 0.2) is 48.7 Å². The average Bonchev–Trinajstić information content (AvgIpc) is 3.27. The summed E-state index contributed by atoms with van der Waals surface area (Å²) >= 11 is 0. The topological polar surface area (TPSA) is 113 Å². The molecule has 0 aliphatic carbocycles. The van der Waals surface area contributed by atoms with Gasteiger partial charge in [0.2, 0.25) is 5.91 Å². The molecular weight excluding hydrogens is 456 g/mol. The second-order valence-electron chi connectivity index (χ2n) is 9.09. The van der Waals surface area contributed by atoms with Crippen LogP contribution in [-0.2, 0) is 17.6 Å². The molecule has 3 N–H and O–H groups in total. The summed E-state index contributed by atoms with van der Waals surface area (Å²) in [7, 11) is 0. The first kappa shape index (κ1) is 25.2. The third-order valence-corrected chi connectivity index (χ3v) is 6.71. The van der Waals surface area contributed by atoms with Crippen LogP contribution < -0.4 is 16.0 Å². The Kier molecular flexibility index (Phi) is 7.87. The number of imidazole rings is 1. The molecule has 0 saturated carbocycles. The van der Waals surface area contributed by atoms with Crippen molar-refractivity contribution in [2.45, 2.75) is 39.5 Å². The molecule has 190 valence electrons. The highest BCUT2D eigenvalue weighted by Gasteiger charge is 2.28. The predicted molar refractivity (Wildman–Crippen MR) is 139 cm³/mol. The highest BCUT2D eigenvalue weighted by Crippen LogP contribution is 2.25. The molecule has 4 amide bonds. The van der Waals surface area contributed by atoms with E-state index in [0.29, 0.717) is 56.0 Å². The summed E-state index contributed by atoms with van der Waals surface area (Å²) in [5.41, 5.74) is 8.58. The Morgan fingerprint density at radius 1 is 1.14 bits per heavy atom. The number of piperidine rings is 1. The van der Waals surface area contributed by atoms with Crippen LogP contribution in [0.2, 0.25) is 0 Å². The van der Waals surface area contributed by atoms with Crippen molar-refractivity contribution < 1.29 is 14.4 Å². The van der Waals surface area contributed by atoms with Gasteiger partial charge in [-0.3, -0.25) is 18.9 Å². The van der Waals surface area contributed by atoms with E-state index in [1.165, 1.54) is 0 Å². The molecule has 1 aliphatic rings. The maximum absolute atomic E-state index is 13.3. The number of likely N-dealkylation sites (tertiary alicyclic amines) is 1. The monoisotopic (exact) mass is 490 g/mol. The molecule has 1 aliphatic heterocycles. The zero-order chi connectivity index (χ0) is 25.7. The van der Waals surface area contributed by atoms with Crippen LogP contribution in [0.5, 0.6) is 0 Å². The number of amides is 4. The summed E-state index contributed by atoms with van der Waals surface area (Å²) in [6.45, 7) is 5.79. The van der Waals surface area contributed by atoms with Gasteiger partial charge in [-0.05, 0) is 50.3 Å². The number of carbonyl (C=O) groups is 3. The fourth-order valence-corrected chi connectivity index (χ4v) is 4.75. The van der Waals surface area contributed by atoms with Crippen molar-refractivity contribution in [2.24, 2.45) is 11.7 Å². The highest BCUT2D eigenvalue weighted by atomic mass is 16.2. The van der Waals surface area contributed by atoms with Crippen molar-refractivity contribution in [2.75, 3.05) is 31.1 Å². The molecule has 1 unspecified atom stereocenters. The summed E-state index contributed by atoms with van der Waals surface area (Å²) in [5, 5.41) is 3.02. The lowest BCUT2D eigenvalue weighted by Crippen LogP contribution is -2.44. The Morgan fingerprint density at radius 2 is 1.92 bits per heavy atom. The Bertz CT molecular complexity index is 1240. The van der Waals surface area contributed by atoms with Gasteiger partial charge in [-0.2, -0.15) is 0 Å². The largest absolute Gasteiger partial charge is 0.369 e. The number of rotatable bonds is 8. The van der Waals surface area contributed by atoms with E-state index in [2.05, 4.69) is 5.32 Å². The third-order valence-electron chi connectivity index (χ3n) is 6.71. The minimum atomic E-state index is -0.371. The maximum atomic E-state index is 13.3. The Balaban J connectivity index is 1.57. The molecule has 9 nitrogen and oxygen atoms in total. The number of aromatic nitrogens is 2. The molecule has 1 fully saturated rings. The summed E-state index contributed by atoms with van der Waals surface area (Å²) in [4.78, 5) is 46.2. The number of aryl methyl sites for hydroxylation is 1. The number of fused-ring (bicyclic) bond motifs is 1. The fourth-order valence-electron chi connectivity index (χ4n) is 4.75. The first-order chi connectivity index (χ1) is 17.4. The van der Waals surface area contributed by atoms with Gasteiger partial charge in [0, 0.05) is 32.4 Å². The maximum Gasteiger partial charge on any atom is 0.323 e. The van der Waals surface area contributed by atoms with Crippen LogP contribution in [0.1, 0.15) is 48.3 Å². The molecule has 0 radical (unpaired) electrons. The molecule has 0 bridgehead atoms. The predicted octanol–water partition coefficient (Wildman–Crippen LogP) is 3.01. The molecule has 1 aromatic carbocycles. The Hall–Kier alpha value is -3.88. The normalized spacial score (nSPS) is 15.6. The number of nitrogens with one attached hydrogen (secondary N) is 1. The van der Waals surface area contributed by atoms with Crippen LogP contribution in [0, 0.1) is 5.92 Å². The van der Waals surface area contributed by atoms with Gasteiger partial charge in [-0.25, -0.2) is 9.78 Å². The molecule has 3 aromatic rings. The SMILES string of the molecule is CCc1nc2ccc(C(=O)N3CCCC(C(N)=O)C3)cn2c1N(CC)C(=O)NCCc1ccccc1. The second-order valence-corrected chi connectivity index (χ2v) is 9.09. The number of benzene rings is 1. The van der Waals surface area contributed by atoms with Gasteiger partial charge in [0.1, 0.15) is 11.5 Å². The Labute approximate surface area is 211 Å². The molecular formula is C27H34N6O3. The van der Waals surface area contributed by atoms with Crippen LogP contribution in [0.3, 0.4) is 0 Å². The van der Waals surface area contributed by atoms with E-state index < -0.39 is 0 Å². The first-order valence-corrected chi connectivity index (χ1v) is 12.6. The molecule has 36 heavy (non-hydrogen) atoms. The van der Waals surface area contributed by atoms with Crippen molar-refractivity contribution in [3.63, 3.8) is 0 Å². The first-order valence-electron chi connectivity index (χ1n) is 12.6. The summed E-state index contributed by atoms with van der Waals surface area (Å²) in [6, 6.07) is 13.4. The van der Waals surface area contributed by atoms with E-state index >= 15 is 0 Å². The van der Waals surface area contributed by atoms with Crippen LogP contribution in [-0.4, -0.2) is 58.3 Å². The van der Waals surface area contributed by atoms with Crippen molar-refractivity contribution in [1.29, 1.82) is 0 Å². The number of hydrogen-bond donors (Lipinski definition) is 2. The van der Waals surface area contributed by atoms with Crippen molar-refractivity contribution in [1.82, 2.24) is 19.6 Å². The van der Waals surface area contributed by atoms with E-state index in [1.54, 1.807) is 28.1 Å². The van der Waals surface area contributed by atoms with Gasteiger partial charge < -0.3 is 16.0 Å². The number of hydrogen-bond acceptors (Lipinski definition) is 4. The standard InChI is InChI=1S/C27H34N6O3/c1-3-22-25(32(4-2)27(36)29-15-14-19-9-6-5-7-10-19)33-18-21(12-13-23(33)30-22)26(35)31-16-8-11-20(17-31)24(28)34/h5-7,9-10,12-13,18,20H,3-4,8,11,14-17H2,1-2H3,(H2,28,34)(H,29,36). The smallest absolute Gasteiger partial charge is 0.323 e. The molecule has 1 saturated heterocycles. The molecule has 4 rings (SSSR count). The van der Waals surface area contributed by atoms with Gasteiger partial charge in [0.15, 0.2) is 0 Å². The number of nitrogens with two attached hydrogens (primary N) is 1. The molecule has 1 atom stereocenters. The van der Waals surface area contributed by atoms with Gasteiger partial charge in [0.25, 0.3) is 5.91 Å². The van der Waals surface area contributed by atoms with Crippen molar-refractivity contribution in [3.05, 3.63) is 65.5 Å². The number of urea groups is 1. The molecule has 0 spiro atoms. The quantitative estimate of drug-likeness (QED) is 0.505. The van der Waals surface area contributed by atoms with E-state index in [-0.39, 0.29) is 23.8 Å². The third kappa shape index (κ3) is 5.35. The average molecular weight is 491 g/mol. The number of pyridine rings is 1. The number of carbonyl (C=O) groups excluding carboxylic acids is 3. The van der Waals surface area contributed by atoms with Crippen molar-refractivity contribution in [3.8, 4) is 0 Å². The lowest BCUT2D eigenvalue weighted by atomic mass is 9.97. The van der Waals surface area contributed by atoms with Crippen LogP contribution in [0.4, 0.5) is 10.6 Å². The number of primary amides is 1. The highest BCUT2D eigenvalue weighted by molar-refractivity contribution is 5.96. The minimum absolute atomic E-state index is 0.157. The number of anilines is 1. The van der Waals surface area contributed by atoms with Crippen molar-refractivity contribution >= 4 is 29.3 Å². The van der Waals surface area contributed by atoms with E-state index in [0.717, 1.165) is 24.1 Å². The molecule has 9 heteroatoms. The zero-order valence-electron chi connectivity index (χ0n) is 20.9. The summed E-state index contributed by atoms with van der Waals surface area (Å²) in [5.74, 6) is -0.187. The van der Waals surface area contributed by atoms with Gasteiger partial charge in [-0.1, -0.05) is 37.3 Å². The lowest BCUT2D eigenvalue weighted by molar-refractivity contribution is -0.123. The lowest BCUT2D eigenvalue weighted by Gasteiger charge is -2.31. The van der Waals surface area contributed by atoms with Crippen LogP contribution in [0.25, 0.3) is 5.65 Å². The van der Waals surface area contributed by atoms with E-state index in [1.807, 2.05) is 48.6 Å². The zero-order valence-corrected chi connectivity index (χ0v) is 20.9. The molecule has 3 heterocycles. The van der Waals surface area contributed by atoms with Gasteiger partial charge in [0.05, 0.1) is 17.2 Å². The summed E-state index contributed by atoms with van der Waals surface area (Å²) in [6.07, 6.45) is 4.56. The van der Waals surface area contributed by atoms with E-state index in [9.17, 15) is 14.4 Å². The van der Waals surface area contributed by atoms with Crippen LogP contribution >= 0.6 is 0 Å². The van der Waals surface area contributed by atoms with Gasteiger partial charge in [-0.15, -0.1) is 0 Å². The summed E-state index contributed by atoms with van der Waals surface area (Å²) < 4.78 is 1.82. The van der Waals surface area contributed by atoms with Gasteiger partial charge >= 0.3 is 6.03 Å². The number of nitrogens with zero attached hydrogens (tertiary/aromatic N) is 4.